The van der Waals surface area contributed by atoms with E-state index in [9.17, 15) is 20.1 Å². The molecule has 3 aromatic rings. The van der Waals surface area contributed by atoms with E-state index in [4.69, 9.17) is 16.2 Å². The standard InChI is InChI=1S/C49H55N3O5S2/c1-2-4-35-13-17-48-19-20-49(35,29-48)18-14-36(53)10-7-31-9-12-44(55)46(24-31)57-22-16-32-8-11-43(54)41(23-32)40-27-45(56)37-15-21-52-42(37)6-3-5-33-25-39(47(50)51)34(26-38(33)40)28-58-59-30-48/h8-9,11-12,14-15,18,21,23-26,35,40,47,54-56H,2,4,6-7,10,13,16-17,19-20,22,27-30,50-51H2,1H3/p-1/b18-14+,45-37?/t35-,40+,48+,49+/m1/s1. The number of hydrogen-bond acceptors (Lipinski definition) is 10. The van der Waals surface area contributed by atoms with Gasteiger partial charge in [-0.2, -0.15) is 0 Å². The third-order valence-corrected chi connectivity index (χ3v) is 15.9. The van der Waals surface area contributed by atoms with E-state index in [0.717, 1.165) is 64.8 Å². The molecule has 59 heavy (non-hydrogen) atoms. The molecule has 8 bridgehead atoms. The molecule has 308 valence electrons. The minimum Gasteiger partial charge on any atom is -0.875 e. The predicted octanol–water partition coefficient (Wildman–Crippen LogP) is 8.81. The number of carbonyl (C=O) groups is 1. The van der Waals surface area contributed by atoms with Crippen LogP contribution in [0.1, 0.15) is 122 Å². The SMILES string of the molecule is CCC[C@@H]1CC[C@@]23CC[C@@]1(/C=C/C(=O)CCc1ccc(O)c(c1)OCCc1ccc(O)c(c1)[C@H]1CC([O-])=C4C=CN=C4CC#Cc4cc(C(N)N)c(cc41)CSSC2)C3. The van der Waals surface area contributed by atoms with Crippen LogP contribution >= 0.6 is 21.6 Å². The molecular weight excluding hydrogens is 775 g/mol. The number of aliphatic imine (C=N–C) groups is 1. The quantitative estimate of drug-likeness (QED) is 0.115. The van der Waals surface area contributed by atoms with Crippen molar-refractivity contribution in [3.05, 3.63) is 123 Å². The minimum absolute atomic E-state index is 0.0367. The summed E-state index contributed by atoms with van der Waals surface area (Å²) in [5.41, 5.74) is 20.2. The van der Waals surface area contributed by atoms with Crippen LogP contribution < -0.4 is 21.3 Å². The smallest absolute Gasteiger partial charge is 0.161 e. The molecule has 2 fully saturated rings. The maximum absolute atomic E-state index is 14.1. The van der Waals surface area contributed by atoms with Crippen molar-refractivity contribution in [2.24, 2.45) is 33.2 Å². The van der Waals surface area contributed by atoms with Gasteiger partial charge >= 0.3 is 0 Å². The van der Waals surface area contributed by atoms with Crippen molar-refractivity contribution in [3.63, 3.8) is 0 Å². The van der Waals surface area contributed by atoms with Crippen molar-refractivity contribution < 1.29 is 24.9 Å². The molecule has 2 saturated carbocycles. The van der Waals surface area contributed by atoms with Gasteiger partial charge in [0.25, 0.3) is 0 Å². The summed E-state index contributed by atoms with van der Waals surface area (Å²) in [4.78, 5) is 17.9. The third kappa shape index (κ3) is 8.90. The van der Waals surface area contributed by atoms with E-state index in [1.165, 1.54) is 19.3 Å². The van der Waals surface area contributed by atoms with Gasteiger partial charge in [0.1, 0.15) is 5.75 Å². The molecule has 0 saturated heterocycles. The van der Waals surface area contributed by atoms with Crippen molar-refractivity contribution >= 4 is 33.1 Å². The number of benzene rings is 3. The molecule has 2 heterocycles. The summed E-state index contributed by atoms with van der Waals surface area (Å²) in [7, 11) is 3.72. The maximum atomic E-state index is 14.1. The Kier molecular flexibility index (Phi) is 12.4. The average molecular weight is 829 g/mol. The van der Waals surface area contributed by atoms with Gasteiger partial charge in [-0.05, 0) is 138 Å². The number of nitrogens with two attached hydrogens (primary N) is 2. The van der Waals surface area contributed by atoms with Gasteiger partial charge < -0.3 is 31.5 Å². The summed E-state index contributed by atoms with van der Waals surface area (Å²) in [6.07, 6.45) is 16.8. The molecule has 4 atom stereocenters. The molecule has 8 rings (SSSR count). The van der Waals surface area contributed by atoms with E-state index in [0.29, 0.717) is 60.0 Å². The summed E-state index contributed by atoms with van der Waals surface area (Å²) in [5, 5.41) is 36.4. The van der Waals surface area contributed by atoms with E-state index in [-0.39, 0.29) is 46.9 Å². The highest BCUT2D eigenvalue weighted by Gasteiger charge is 2.53. The Labute approximate surface area is 356 Å². The van der Waals surface area contributed by atoms with Gasteiger partial charge in [-0.15, -0.1) is 5.76 Å². The second-order valence-electron chi connectivity index (χ2n) is 17.2. The van der Waals surface area contributed by atoms with Crippen molar-refractivity contribution in [1.29, 1.82) is 0 Å². The number of nitrogens with zero attached hydrogens (tertiary/aromatic N) is 1. The number of aromatic hydroxyl groups is 2. The first kappa shape index (κ1) is 41.3. The van der Waals surface area contributed by atoms with Crippen LogP contribution in [-0.2, 0) is 23.4 Å². The molecule has 10 heteroatoms. The second kappa shape index (κ2) is 17.7. The van der Waals surface area contributed by atoms with Crippen LogP contribution in [0.3, 0.4) is 0 Å². The summed E-state index contributed by atoms with van der Waals surface area (Å²) in [5.74, 6) is 8.95. The molecule has 0 unspecified atom stereocenters. The number of phenolic OH excluding ortho intramolecular Hbond substituents is 2. The lowest BCUT2D eigenvalue weighted by Crippen LogP contribution is -2.35. The number of phenols is 2. The Morgan fingerprint density at radius 1 is 0.983 bits per heavy atom. The lowest BCUT2D eigenvalue weighted by molar-refractivity contribution is -0.307. The van der Waals surface area contributed by atoms with Crippen LogP contribution in [0.2, 0.25) is 0 Å². The Bertz CT molecular complexity index is 2300. The van der Waals surface area contributed by atoms with Crippen LogP contribution in [0.15, 0.2) is 89.3 Å². The highest BCUT2D eigenvalue weighted by atomic mass is 33.1. The molecule has 2 aliphatic heterocycles. The van der Waals surface area contributed by atoms with Crippen LogP contribution in [0.4, 0.5) is 0 Å². The molecular formula is C49H54N3O5S2-. The van der Waals surface area contributed by atoms with Gasteiger partial charge in [0, 0.05) is 47.6 Å². The Hall–Kier alpha value is -4.40. The van der Waals surface area contributed by atoms with E-state index < -0.39 is 12.1 Å². The Balaban J connectivity index is 1.19. The van der Waals surface area contributed by atoms with E-state index in [2.05, 4.69) is 35.9 Å². The number of hydrogen-bond donors (Lipinski definition) is 4. The molecule has 5 aliphatic rings. The van der Waals surface area contributed by atoms with E-state index in [1.54, 1.807) is 24.4 Å². The number of ether oxygens (including phenoxy) is 1. The third-order valence-electron chi connectivity index (χ3n) is 13.4. The van der Waals surface area contributed by atoms with Gasteiger partial charge in [-0.25, -0.2) is 0 Å². The Morgan fingerprint density at radius 3 is 2.64 bits per heavy atom. The fourth-order valence-corrected chi connectivity index (χ4v) is 13.0. The summed E-state index contributed by atoms with van der Waals surface area (Å²) in [6, 6.07) is 14.9. The summed E-state index contributed by atoms with van der Waals surface area (Å²) >= 11 is 0. The number of allylic oxidation sites excluding steroid dienone is 5. The van der Waals surface area contributed by atoms with Crippen LogP contribution in [-0.4, -0.2) is 34.1 Å². The normalized spacial score (nSPS) is 26.4. The van der Waals surface area contributed by atoms with Gasteiger partial charge in [0.2, 0.25) is 0 Å². The molecule has 3 aromatic carbocycles. The number of carbonyl (C=O) groups excluding carboxylic acids is 1. The molecule has 0 radical (unpaired) electrons. The number of rotatable bonds is 3. The molecule has 0 amide bonds. The van der Waals surface area contributed by atoms with Gasteiger partial charge in [-0.1, -0.05) is 77.1 Å². The monoisotopic (exact) mass is 828 g/mol. The topological polar surface area (TPSA) is 154 Å². The molecule has 6 N–H and O–H groups in total. The highest BCUT2D eigenvalue weighted by Crippen LogP contribution is 2.64. The Morgan fingerprint density at radius 2 is 1.81 bits per heavy atom. The van der Waals surface area contributed by atoms with Crippen LogP contribution in [0.25, 0.3) is 0 Å². The fraction of sp³-hybridized carbons (Fsp3) is 0.429. The average Bonchev–Trinajstić information content (AvgIpc) is 3.82. The van der Waals surface area contributed by atoms with E-state index in [1.807, 2.05) is 58.0 Å². The van der Waals surface area contributed by atoms with E-state index >= 15 is 0 Å². The van der Waals surface area contributed by atoms with Crippen molar-refractivity contribution in [3.8, 4) is 29.1 Å². The molecule has 3 aliphatic carbocycles. The van der Waals surface area contributed by atoms with Crippen molar-refractivity contribution in [1.82, 2.24) is 0 Å². The first-order valence-electron chi connectivity index (χ1n) is 21.1. The zero-order valence-electron chi connectivity index (χ0n) is 33.8. The van der Waals surface area contributed by atoms with Crippen LogP contribution in [0.5, 0.6) is 17.2 Å². The first-order chi connectivity index (χ1) is 28.5. The zero-order valence-corrected chi connectivity index (χ0v) is 35.4. The van der Waals surface area contributed by atoms with Crippen molar-refractivity contribution in [2.45, 2.75) is 102 Å². The van der Waals surface area contributed by atoms with Crippen molar-refractivity contribution in [2.75, 3.05) is 12.4 Å². The predicted molar refractivity (Wildman–Crippen MR) is 237 cm³/mol. The largest absolute Gasteiger partial charge is 0.875 e. The number of fused-ring (bicyclic) bond motifs is 7. The summed E-state index contributed by atoms with van der Waals surface area (Å²) in [6.45, 7) is 2.53. The number of ketones is 1. The first-order valence-corrected chi connectivity index (χ1v) is 23.6. The van der Waals surface area contributed by atoms with Gasteiger partial charge in [0.15, 0.2) is 17.3 Å². The summed E-state index contributed by atoms with van der Waals surface area (Å²) < 4.78 is 6.14. The van der Waals surface area contributed by atoms with Gasteiger partial charge in [0.05, 0.1) is 24.9 Å². The minimum atomic E-state index is -0.730. The maximum Gasteiger partial charge on any atom is 0.161 e. The lowest BCUT2D eigenvalue weighted by atomic mass is 9.62. The zero-order chi connectivity index (χ0) is 41.1. The fourth-order valence-electron chi connectivity index (χ4n) is 10.2. The lowest BCUT2D eigenvalue weighted by Gasteiger charge is -2.44. The van der Waals surface area contributed by atoms with Gasteiger partial charge in [-0.3, -0.25) is 9.79 Å². The highest BCUT2D eigenvalue weighted by molar-refractivity contribution is 8.76. The molecule has 0 spiro atoms. The number of aryl methyl sites for hydroxylation is 1. The van der Waals surface area contributed by atoms with Crippen LogP contribution in [0, 0.1) is 28.6 Å². The molecule has 0 aromatic heterocycles. The second-order valence-corrected chi connectivity index (χ2v) is 19.6. The molecule has 8 nitrogen and oxygen atoms in total.